The molecule has 1 atom stereocenters. The Balaban J connectivity index is 2.20. The van der Waals surface area contributed by atoms with E-state index in [1.807, 2.05) is 81.4 Å². The molecule has 0 radical (unpaired) electrons. The van der Waals surface area contributed by atoms with Crippen LogP contribution >= 0.6 is 0 Å². The van der Waals surface area contributed by atoms with Crippen LogP contribution in [0.2, 0.25) is 0 Å². The third-order valence-corrected chi connectivity index (χ3v) is 4.06. The fraction of sp³-hybridized carbons (Fsp3) is 0.364. The predicted molar refractivity (Wildman–Crippen MR) is 104 cm³/mol. The second-order valence-electron chi connectivity index (χ2n) is 7.58. The molecule has 0 aliphatic carbocycles. The average Bonchev–Trinajstić information content (AvgIpc) is 2.59. The van der Waals surface area contributed by atoms with Crippen LogP contribution in [0.25, 0.3) is 0 Å². The van der Waals surface area contributed by atoms with Gasteiger partial charge >= 0.3 is 0 Å². The summed E-state index contributed by atoms with van der Waals surface area (Å²) in [4.78, 5) is 27.3. The van der Waals surface area contributed by atoms with Gasteiger partial charge in [-0.3, -0.25) is 9.59 Å². The number of benzene rings is 2. The minimum Gasteiger partial charge on any atom is -0.350 e. The Kier molecular flexibility index (Phi) is 6.56. The van der Waals surface area contributed by atoms with Gasteiger partial charge in [0.1, 0.15) is 6.04 Å². The standard InChI is InChI=1S/C22H28N2O2/c1-17(21(26)23-22(2,3)4)24(16-19-13-9-6-10-14-19)20(25)15-18-11-7-5-8-12-18/h5-14,17H,15-16H2,1-4H3,(H,23,26)/t17-/m0/s1. The van der Waals surface area contributed by atoms with Crippen molar-refractivity contribution in [3.63, 3.8) is 0 Å². The Morgan fingerprint density at radius 1 is 0.923 bits per heavy atom. The summed E-state index contributed by atoms with van der Waals surface area (Å²) >= 11 is 0. The Morgan fingerprint density at radius 2 is 1.42 bits per heavy atom. The quantitative estimate of drug-likeness (QED) is 0.864. The second kappa shape index (κ2) is 8.65. The van der Waals surface area contributed by atoms with Gasteiger partial charge in [0.25, 0.3) is 0 Å². The van der Waals surface area contributed by atoms with Crippen LogP contribution in [-0.4, -0.2) is 28.3 Å². The lowest BCUT2D eigenvalue weighted by molar-refractivity contribution is -0.140. The summed E-state index contributed by atoms with van der Waals surface area (Å²) in [5.74, 6) is -0.202. The molecule has 0 aliphatic rings. The zero-order chi connectivity index (χ0) is 19.2. The summed E-state index contributed by atoms with van der Waals surface area (Å²) in [5.41, 5.74) is 1.61. The zero-order valence-electron chi connectivity index (χ0n) is 16.0. The maximum absolute atomic E-state index is 13.0. The lowest BCUT2D eigenvalue weighted by atomic mass is 10.1. The Bertz CT molecular complexity index is 721. The van der Waals surface area contributed by atoms with Gasteiger partial charge in [-0.2, -0.15) is 0 Å². The van der Waals surface area contributed by atoms with Gasteiger partial charge in [-0.05, 0) is 38.8 Å². The summed E-state index contributed by atoms with van der Waals surface area (Å²) < 4.78 is 0. The smallest absolute Gasteiger partial charge is 0.242 e. The lowest BCUT2D eigenvalue weighted by Crippen LogP contribution is -2.52. The Hall–Kier alpha value is -2.62. The molecular formula is C22H28N2O2. The molecule has 4 nitrogen and oxygen atoms in total. The van der Waals surface area contributed by atoms with Crippen LogP contribution in [-0.2, 0) is 22.6 Å². The monoisotopic (exact) mass is 352 g/mol. The molecule has 2 rings (SSSR count). The van der Waals surface area contributed by atoms with E-state index < -0.39 is 6.04 Å². The minimum atomic E-state index is -0.550. The van der Waals surface area contributed by atoms with Gasteiger partial charge in [0, 0.05) is 12.1 Å². The SMILES string of the molecule is C[C@@H](C(=O)NC(C)(C)C)N(Cc1ccccc1)C(=O)Cc1ccccc1. The molecule has 0 spiro atoms. The predicted octanol–water partition coefficient (Wildman–Crippen LogP) is 3.56. The van der Waals surface area contributed by atoms with Crippen LogP contribution in [0.3, 0.4) is 0 Å². The van der Waals surface area contributed by atoms with E-state index in [0.717, 1.165) is 11.1 Å². The largest absolute Gasteiger partial charge is 0.350 e. The van der Waals surface area contributed by atoms with Crippen molar-refractivity contribution in [2.45, 2.75) is 52.2 Å². The first-order valence-electron chi connectivity index (χ1n) is 8.95. The van der Waals surface area contributed by atoms with Crippen molar-refractivity contribution in [1.29, 1.82) is 0 Å². The molecule has 2 aromatic rings. The zero-order valence-corrected chi connectivity index (χ0v) is 16.0. The van der Waals surface area contributed by atoms with E-state index in [9.17, 15) is 9.59 Å². The molecule has 4 heteroatoms. The lowest BCUT2D eigenvalue weighted by Gasteiger charge is -2.31. The molecule has 0 heterocycles. The van der Waals surface area contributed by atoms with Crippen molar-refractivity contribution in [2.75, 3.05) is 0 Å². The molecule has 0 aromatic heterocycles. The molecule has 0 unspecified atom stereocenters. The van der Waals surface area contributed by atoms with E-state index >= 15 is 0 Å². The third-order valence-electron chi connectivity index (χ3n) is 4.06. The highest BCUT2D eigenvalue weighted by atomic mass is 16.2. The van der Waals surface area contributed by atoms with Crippen LogP contribution in [0.5, 0.6) is 0 Å². The first kappa shape index (κ1) is 19.7. The molecular weight excluding hydrogens is 324 g/mol. The highest BCUT2D eigenvalue weighted by molar-refractivity contribution is 5.88. The van der Waals surface area contributed by atoms with Crippen molar-refractivity contribution < 1.29 is 9.59 Å². The number of carbonyl (C=O) groups excluding carboxylic acids is 2. The molecule has 2 aromatic carbocycles. The topological polar surface area (TPSA) is 49.4 Å². The van der Waals surface area contributed by atoms with Gasteiger partial charge in [-0.15, -0.1) is 0 Å². The number of amides is 2. The minimum absolute atomic E-state index is 0.0587. The second-order valence-corrected chi connectivity index (χ2v) is 7.58. The van der Waals surface area contributed by atoms with Crippen LogP contribution in [0.1, 0.15) is 38.8 Å². The summed E-state index contributed by atoms with van der Waals surface area (Å²) in [7, 11) is 0. The molecule has 0 saturated carbocycles. The maximum atomic E-state index is 13.0. The number of rotatable bonds is 6. The molecule has 0 saturated heterocycles. The highest BCUT2D eigenvalue weighted by Gasteiger charge is 2.28. The van der Waals surface area contributed by atoms with E-state index in [-0.39, 0.29) is 23.8 Å². The summed E-state index contributed by atoms with van der Waals surface area (Å²) in [6.07, 6.45) is 0.279. The number of hydrogen-bond acceptors (Lipinski definition) is 2. The van der Waals surface area contributed by atoms with Crippen LogP contribution in [0.4, 0.5) is 0 Å². The van der Waals surface area contributed by atoms with Crippen LogP contribution in [0.15, 0.2) is 60.7 Å². The first-order valence-corrected chi connectivity index (χ1v) is 8.95. The Labute approximate surface area is 156 Å². The number of hydrogen-bond donors (Lipinski definition) is 1. The van der Waals surface area contributed by atoms with Crippen molar-refractivity contribution in [1.82, 2.24) is 10.2 Å². The molecule has 2 amide bonds. The van der Waals surface area contributed by atoms with E-state index in [2.05, 4.69) is 5.32 Å². The van der Waals surface area contributed by atoms with Crippen molar-refractivity contribution in [3.05, 3.63) is 71.8 Å². The average molecular weight is 352 g/mol. The van der Waals surface area contributed by atoms with Crippen molar-refractivity contribution in [2.24, 2.45) is 0 Å². The summed E-state index contributed by atoms with van der Waals surface area (Å²) in [5, 5.41) is 2.97. The third kappa shape index (κ3) is 6.03. The van der Waals surface area contributed by atoms with Gasteiger partial charge in [0.2, 0.25) is 11.8 Å². The van der Waals surface area contributed by atoms with E-state index in [1.165, 1.54) is 0 Å². The summed E-state index contributed by atoms with van der Waals surface area (Å²) in [6.45, 7) is 8.00. The van der Waals surface area contributed by atoms with Gasteiger partial charge < -0.3 is 10.2 Å². The van der Waals surface area contributed by atoms with Crippen LogP contribution in [0, 0.1) is 0 Å². The van der Waals surface area contributed by atoms with E-state index in [4.69, 9.17) is 0 Å². The number of nitrogens with zero attached hydrogens (tertiary/aromatic N) is 1. The van der Waals surface area contributed by atoms with Crippen molar-refractivity contribution in [3.8, 4) is 0 Å². The first-order chi connectivity index (χ1) is 12.3. The Morgan fingerprint density at radius 3 is 1.92 bits per heavy atom. The molecule has 26 heavy (non-hydrogen) atoms. The maximum Gasteiger partial charge on any atom is 0.242 e. The van der Waals surface area contributed by atoms with Gasteiger partial charge in [-0.1, -0.05) is 60.7 Å². The van der Waals surface area contributed by atoms with E-state index in [1.54, 1.807) is 11.8 Å². The molecule has 138 valence electrons. The fourth-order valence-electron chi connectivity index (χ4n) is 2.71. The molecule has 0 fully saturated rings. The van der Waals surface area contributed by atoms with Crippen LogP contribution < -0.4 is 5.32 Å². The van der Waals surface area contributed by atoms with E-state index in [0.29, 0.717) is 6.54 Å². The summed E-state index contributed by atoms with van der Waals surface area (Å²) in [6, 6.07) is 18.8. The van der Waals surface area contributed by atoms with Gasteiger partial charge in [0.05, 0.1) is 6.42 Å². The molecule has 0 aliphatic heterocycles. The highest BCUT2D eigenvalue weighted by Crippen LogP contribution is 2.13. The van der Waals surface area contributed by atoms with Gasteiger partial charge in [-0.25, -0.2) is 0 Å². The normalized spacial score (nSPS) is 12.3. The van der Waals surface area contributed by atoms with Gasteiger partial charge in [0.15, 0.2) is 0 Å². The van der Waals surface area contributed by atoms with Crippen molar-refractivity contribution >= 4 is 11.8 Å². The molecule has 1 N–H and O–H groups in total. The fourth-order valence-corrected chi connectivity index (χ4v) is 2.71. The number of nitrogens with one attached hydrogen (secondary N) is 1. The number of carbonyl (C=O) groups is 2. The molecule has 0 bridgehead atoms.